The fourth-order valence-electron chi connectivity index (χ4n) is 1.57. The van der Waals surface area contributed by atoms with Gasteiger partial charge in [-0.05, 0) is 31.7 Å². The summed E-state index contributed by atoms with van der Waals surface area (Å²) in [7, 11) is 5.13. The first-order valence-electron chi connectivity index (χ1n) is 6.82. The van der Waals surface area contributed by atoms with Crippen LogP contribution in [0.25, 0.3) is 0 Å². The molecule has 0 aromatic heterocycles. The lowest BCUT2D eigenvalue weighted by atomic mass is 10.2. The van der Waals surface area contributed by atoms with Gasteiger partial charge in [0, 0.05) is 27.1 Å². The lowest BCUT2D eigenvalue weighted by molar-refractivity contribution is -0.130. The minimum absolute atomic E-state index is 0. The molecule has 1 aromatic rings. The van der Waals surface area contributed by atoms with E-state index in [1.807, 2.05) is 13.0 Å². The van der Waals surface area contributed by atoms with Gasteiger partial charge in [0.25, 0.3) is 5.91 Å². The van der Waals surface area contributed by atoms with Gasteiger partial charge in [-0.2, -0.15) is 0 Å². The van der Waals surface area contributed by atoms with Gasteiger partial charge in [0.15, 0.2) is 6.61 Å². The molecule has 1 aromatic carbocycles. The lowest BCUT2D eigenvalue weighted by Gasteiger charge is -2.15. The van der Waals surface area contributed by atoms with E-state index in [9.17, 15) is 9.59 Å². The average Bonchev–Trinajstić information content (AvgIpc) is 2.44. The van der Waals surface area contributed by atoms with E-state index in [1.54, 1.807) is 33.3 Å². The number of aryl methyl sites for hydroxylation is 1. The molecule has 124 valence electrons. The van der Waals surface area contributed by atoms with E-state index < -0.39 is 0 Å². The van der Waals surface area contributed by atoms with Gasteiger partial charge >= 0.3 is 0 Å². The minimum atomic E-state index is -0.135. The average molecular weight is 330 g/mol. The van der Waals surface area contributed by atoms with E-state index in [0.717, 1.165) is 5.56 Å². The molecule has 0 unspecified atom stereocenters. The molecule has 0 heterocycles. The number of hydrogen-bond acceptors (Lipinski definition) is 4. The van der Waals surface area contributed by atoms with Crippen molar-refractivity contribution >= 4 is 29.9 Å². The van der Waals surface area contributed by atoms with Crippen molar-refractivity contribution in [3.8, 4) is 5.75 Å². The highest BCUT2D eigenvalue weighted by atomic mass is 35.5. The van der Waals surface area contributed by atoms with Crippen LogP contribution in [0.15, 0.2) is 18.2 Å². The van der Waals surface area contributed by atoms with Gasteiger partial charge in [-0.25, -0.2) is 0 Å². The molecular formula is C15H24ClN3O3. The second-order valence-corrected chi connectivity index (χ2v) is 4.98. The summed E-state index contributed by atoms with van der Waals surface area (Å²) in [5, 5.41) is 5.72. The molecule has 0 aliphatic heterocycles. The van der Waals surface area contributed by atoms with Gasteiger partial charge in [0.1, 0.15) is 5.75 Å². The van der Waals surface area contributed by atoms with Crippen LogP contribution in [0, 0.1) is 6.92 Å². The zero-order valence-electron chi connectivity index (χ0n) is 13.4. The molecule has 0 spiro atoms. The molecule has 1 rings (SSSR count). The molecule has 7 heteroatoms. The quantitative estimate of drug-likeness (QED) is 0.794. The number of amides is 2. The summed E-state index contributed by atoms with van der Waals surface area (Å²) in [5.74, 6) is 0.268. The fourth-order valence-corrected chi connectivity index (χ4v) is 1.57. The molecular weight excluding hydrogens is 306 g/mol. The maximum absolute atomic E-state index is 11.8. The van der Waals surface area contributed by atoms with Crippen molar-refractivity contribution in [1.82, 2.24) is 10.2 Å². The van der Waals surface area contributed by atoms with Crippen LogP contribution < -0.4 is 15.4 Å². The maximum atomic E-state index is 11.8. The van der Waals surface area contributed by atoms with Crippen LogP contribution in [0.1, 0.15) is 12.0 Å². The summed E-state index contributed by atoms with van der Waals surface area (Å²) in [6.45, 7) is 2.47. The number of nitrogens with zero attached hydrogens (tertiary/aromatic N) is 1. The highest BCUT2D eigenvalue weighted by Crippen LogP contribution is 2.26. The number of carbonyl (C=O) groups is 2. The van der Waals surface area contributed by atoms with Gasteiger partial charge in [0.05, 0.1) is 5.69 Å². The Bertz CT molecular complexity index is 507. The van der Waals surface area contributed by atoms with Crippen LogP contribution in [0.5, 0.6) is 5.75 Å². The molecule has 2 amide bonds. The van der Waals surface area contributed by atoms with Crippen molar-refractivity contribution in [3.63, 3.8) is 0 Å². The van der Waals surface area contributed by atoms with E-state index in [2.05, 4.69) is 10.6 Å². The summed E-state index contributed by atoms with van der Waals surface area (Å²) >= 11 is 0. The zero-order valence-corrected chi connectivity index (χ0v) is 14.3. The van der Waals surface area contributed by atoms with Crippen molar-refractivity contribution < 1.29 is 14.3 Å². The number of nitrogens with one attached hydrogen (secondary N) is 2. The molecule has 0 radical (unpaired) electrons. The second-order valence-electron chi connectivity index (χ2n) is 4.98. The van der Waals surface area contributed by atoms with Gasteiger partial charge in [-0.3, -0.25) is 9.59 Å². The third-order valence-electron chi connectivity index (χ3n) is 2.86. The number of rotatable bonds is 7. The molecule has 6 nitrogen and oxygen atoms in total. The Kier molecular flexibility index (Phi) is 9.21. The van der Waals surface area contributed by atoms with Crippen molar-refractivity contribution in [2.24, 2.45) is 0 Å². The molecule has 0 aliphatic carbocycles. The van der Waals surface area contributed by atoms with Crippen LogP contribution in [0.2, 0.25) is 0 Å². The fraction of sp³-hybridized carbons (Fsp3) is 0.467. The largest absolute Gasteiger partial charge is 0.482 e. The van der Waals surface area contributed by atoms with E-state index in [0.29, 0.717) is 24.4 Å². The number of benzene rings is 1. The van der Waals surface area contributed by atoms with Gasteiger partial charge < -0.3 is 20.3 Å². The summed E-state index contributed by atoms with van der Waals surface area (Å²) in [6.07, 6.45) is 0.375. The summed E-state index contributed by atoms with van der Waals surface area (Å²) in [5.41, 5.74) is 1.57. The number of carbonyl (C=O) groups excluding carboxylic acids is 2. The number of halogens is 1. The van der Waals surface area contributed by atoms with Crippen molar-refractivity contribution in [1.29, 1.82) is 0 Å². The van der Waals surface area contributed by atoms with Crippen LogP contribution in [0.4, 0.5) is 5.69 Å². The Morgan fingerprint density at radius 2 is 1.95 bits per heavy atom. The van der Waals surface area contributed by atoms with Crippen molar-refractivity contribution in [3.05, 3.63) is 23.8 Å². The predicted molar refractivity (Wildman–Crippen MR) is 89.8 cm³/mol. The number of ether oxygens (including phenoxy) is 1. The topological polar surface area (TPSA) is 70.7 Å². The SMILES string of the molecule is CNCCC(=O)Nc1ccc(C)cc1OCC(=O)N(C)C.Cl. The number of anilines is 1. The van der Waals surface area contributed by atoms with Gasteiger partial charge in [-0.1, -0.05) is 6.07 Å². The third-order valence-corrected chi connectivity index (χ3v) is 2.86. The Hall–Kier alpha value is -1.79. The Morgan fingerprint density at radius 3 is 2.55 bits per heavy atom. The standard InChI is InChI=1S/C15H23N3O3.ClH/c1-11-5-6-12(17-14(19)7-8-16-2)13(9-11)21-10-15(20)18(3)4;/h5-6,9,16H,7-8,10H2,1-4H3,(H,17,19);1H. The predicted octanol–water partition coefficient (Wildman–Crippen LogP) is 1.43. The molecule has 0 saturated carbocycles. The molecule has 22 heavy (non-hydrogen) atoms. The molecule has 0 bridgehead atoms. The summed E-state index contributed by atoms with van der Waals surface area (Å²) in [6, 6.07) is 5.47. The van der Waals surface area contributed by atoms with E-state index in [4.69, 9.17) is 4.74 Å². The number of hydrogen-bond donors (Lipinski definition) is 2. The number of likely N-dealkylation sites (N-methyl/N-ethyl adjacent to an activating group) is 1. The second kappa shape index (κ2) is 10.0. The van der Waals surface area contributed by atoms with Crippen molar-refractivity contribution in [2.45, 2.75) is 13.3 Å². The summed E-state index contributed by atoms with van der Waals surface area (Å²) < 4.78 is 5.52. The Labute approximate surface area is 137 Å². The van der Waals surface area contributed by atoms with E-state index in [-0.39, 0.29) is 30.8 Å². The normalized spacial score (nSPS) is 9.64. The van der Waals surface area contributed by atoms with E-state index in [1.165, 1.54) is 4.90 Å². The molecule has 0 fully saturated rings. The van der Waals surface area contributed by atoms with E-state index >= 15 is 0 Å². The Balaban J connectivity index is 0.00000441. The van der Waals surface area contributed by atoms with Crippen LogP contribution in [-0.4, -0.2) is 51.0 Å². The van der Waals surface area contributed by atoms with Crippen LogP contribution >= 0.6 is 12.4 Å². The first-order valence-corrected chi connectivity index (χ1v) is 6.82. The third kappa shape index (κ3) is 6.78. The summed E-state index contributed by atoms with van der Waals surface area (Å²) in [4.78, 5) is 24.8. The van der Waals surface area contributed by atoms with Gasteiger partial charge in [-0.15, -0.1) is 12.4 Å². The smallest absolute Gasteiger partial charge is 0.259 e. The van der Waals surface area contributed by atoms with Crippen molar-refractivity contribution in [2.75, 3.05) is 39.6 Å². The van der Waals surface area contributed by atoms with Crippen LogP contribution in [0.3, 0.4) is 0 Å². The monoisotopic (exact) mass is 329 g/mol. The highest BCUT2D eigenvalue weighted by Gasteiger charge is 2.11. The first-order chi connectivity index (χ1) is 9.93. The molecule has 0 aliphatic rings. The van der Waals surface area contributed by atoms with Crippen LogP contribution in [-0.2, 0) is 9.59 Å². The Morgan fingerprint density at radius 1 is 1.27 bits per heavy atom. The maximum Gasteiger partial charge on any atom is 0.259 e. The lowest BCUT2D eigenvalue weighted by Crippen LogP contribution is -2.27. The van der Waals surface area contributed by atoms with Gasteiger partial charge in [0.2, 0.25) is 5.91 Å². The zero-order chi connectivity index (χ0) is 15.8. The molecule has 0 saturated heterocycles. The highest BCUT2D eigenvalue weighted by molar-refractivity contribution is 5.92. The first kappa shape index (κ1) is 20.2. The molecule has 0 atom stereocenters. The molecule has 2 N–H and O–H groups in total. The minimum Gasteiger partial charge on any atom is -0.482 e.